The van der Waals surface area contributed by atoms with Crippen LogP contribution in [0.4, 0.5) is 0 Å². The van der Waals surface area contributed by atoms with E-state index in [1.54, 1.807) is 0 Å². The molecule has 1 unspecified atom stereocenters. The molecule has 2 radical (unpaired) electrons. The summed E-state index contributed by atoms with van der Waals surface area (Å²) in [6.45, 7) is 12.5. The molecular formula is C21H38. The molecule has 0 aromatic carbocycles. The second kappa shape index (κ2) is 15.9. The van der Waals surface area contributed by atoms with Gasteiger partial charge in [-0.25, -0.2) is 0 Å². The first-order valence-corrected chi connectivity index (χ1v) is 9.26. The van der Waals surface area contributed by atoms with Gasteiger partial charge in [0.2, 0.25) is 0 Å². The standard InChI is InChI=1S/C21H38/c1-5-7-9-11-13-15-17-19-21(20(3)4)18-16-14-12-10-8-6-2/h20-21H,1-2,5-9,11,13-19H2,3-4H3. The Balaban J connectivity index is 3.61. The van der Waals surface area contributed by atoms with Gasteiger partial charge in [-0.15, -0.1) is 11.8 Å². The van der Waals surface area contributed by atoms with Gasteiger partial charge < -0.3 is 0 Å². The molecule has 0 rings (SSSR count). The summed E-state index contributed by atoms with van der Waals surface area (Å²) >= 11 is 0. The first-order chi connectivity index (χ1) is 10.2. The molecule has 0 bridgehead atoms. The van der Waals surface area contributed by atoms with E-state index in [1.807, 2.05) is 0 Å². The Labute approximate surface area is 135 Å². The molecule has 0 aliphatic carbocycles. The first-order valence-electron chi connectivity index (χ1n) is 9.26. The van der Waals surface area contributed by atoms with Gasteiger partial charge in [-0.05, 0) is 31.1 Å². The normalized spacial score (nSPS) is 12.2. The van der Waals surface area contributed by atoms with E-state index >= 15 is 0 Å². The Morgan fingerprint density at radius 1 is 0.667 bits per heavy atom. The van der Waals surface area contributed by atoms with E-state index in [2.05, 4.69) is 39.5 Å². The molecule has 0 nitrogen and oxygen atoms in total. The molecule has 0 saturated heterocycles. The smallest absolute Gasteiger partial charge is 0.00887 e. The van der Waals surface area contributed by atoms with Crippen molar-refractivity contribution in [2.24, 2.45) is 11.8 Å². The van der Waals surface area contributed by atoms with Crippen molar-refractivity contribution in [3.8, 4) is 11.8 Å². The second-order valence-electron chi connectivity index (χ2n) is 6.62. The van der Waals surface area contributed by atoms with Gasteiger partial charge in [-0.2, -0.15) is 0 Å². The van der Waals surface area contributed by atoms with Crippen molar-refractivity contribution in [2.75, 3.05) is 0 Å². The summed E-state index contributed by atoms with van der Waals surface area (Å²) in [5.74, 6) is 8.20. The number of unbranched alkanes of at least 4 members (excludes halogenated alkanes) is 8. The van der Waals surface area contributed by atoms with E-state index in [-0.39, 0.29) is 0 Å². The number of hydrogen-bond donors (Lipinski definition) is 0. The van der Waals surface area contributed by atoms with Crippen molar-refractivity contribution >= 4 is 0 Å². The van der Waals surface area contributed by atoms with Gasteiger partial charge in [0.05, 0.1) is 0 Å². The van der Waals surface area contributed by atoms with Crippen LogP contribution in [0, 0.1) is 37.5 Å². The lowest BCUT2D eigenvalue weighted by Crippen LogP contribution is -2.08. The van der Waals surface area contributed by atoms with Crippen LogP contribution in [-0.2, 0) is 0 Å². The van der Waals surface area contributed by atoms with Crippen LogP contribution >= 0.6 is 0 Å². The lowest BCUT2D eigenvalue weighted by Gasteiger charge is -2.20. The SMILES string of the molecule is [CH2]CCC#CCCCC(CCCCCCCC[CH2])C(C)C. The third-order valence-electron chi connectivity index (χ3n) is 4.32. The van der Waals surface area contributed by atoms with Gasteiger partial charge >= 0.3 is 0 Å². The lowest BCUT2D eigenvalue weighted by molar-refractivity contribution is 0.318. The van der Waals surface area contributed by atoms with Gasteiger partial charge in [-0.3, -0.25) is 0 Å². The Hall–Kier alpha value is -0.440. The van der Waals surface area contributed by atoms with E-state index in [9.17, 15) is 0 Å². The van der Waals surface area contributed by atoms with Crippen molar-refractivity contribution < 1.29 is 0 Å². The zero-order chi connectivity index (χ0) is 15.8. The van der Waals surface area contributed by atoms with Crippen LogP contribution in [0.3, 0.4) is 0 Å². The van der Waals surface area contributed by atoms with Crippen LogP contribution in [0.25, 0.3) is 0 Å². The van der Waals surface area contributed by atoms with Gasteiger partial charge in [0, 0.05) is 12.8 Å². The van der Waals surface area contributed by atoms with E-state index in [0.29, 0.717) is 0 Å². The summed E-state index contributed by atoms with van der Waals surface area (Å²) in [4.78, 5) is 0. The van der Waals surface area contributed by atoms with Crippen molar-refractivity contribution in [1.82, 2.24) is 0 Å². The highest BCUT2D eigenvalue weighted by molar-refractivity contribution is 4.98. The minimum atomic E-state index is 0.823. The zero-order valence-electron chi connectivity index (χ0n) is 14.8. The van der Waals surface area contributed by atoms with Crippen molar-refractivity contribution in [3.05, 3.63) is 13.8 Å². The topological polar surface area (TPSA) is 0 Å². The molecule has 0 heteroatoms. The van der Waals surface area contributed by atoms with E-state index in [1.165, 1.54) is 57.8 Å². The number of hydrogen-bond acceptors (Lipinski definition) is 0. The van der Waals surface area contributed by atoms with Crippen LogP contribution in [0.15, 0.2) is 0 Å². The first kappa shape index (κ1) is 20.6. The molecule has 0 amide bonds. The molecule has 122 valence electrons. The minimum absolute atomic E-state index is 0.823. The van der Waals surface area contributed by atoms with Gasteiger partial charge in [0.15, 0.2) is 0 Å². The molecule has 0 fully saturated rings. The summed E-state index contributed by atoms with van der Waals surface area (Å²) in [7, 11) is 0. The maximum atomic E-state index is 3.90. The summed E-state index contributed by atoms with van der Waals surface area (Å²) in [6.07, 6.45) is 16.5. The van der Waals surface area contributed by atoms with Gasteiger partial charge in [0.25, 0.3) is 0 Å². The summed E-state index contributed by atoms with van der Waals surface area (Å²) in [5.41, 5.74) is 0. The van der Waals surface area contributed by atoms with E-state index < -0.39 is 0 Å². The molecule has 0 aromatic rings. The fourth-order valence-electron chi connectivity index (χ4n) is 2.82. The van der Waals surface area contributed by atoms with Crippen LogP contribution < -0.4 is 0 Å². The molecule has 0 aliphatic heterocycles. The van der Waals surface area contributed by atoms with Crippen LogP contribution in [0.1, 0.15) is 97.3 Å². The maximum absolute atomic E-state index is 3.90. The summed E-state index contributed by atoms with van der Waals surface area (Å²) in [5, 5.41) is 0. The van der Waals surface area contributed by atoms with Crippen LogP contribution in [0.5, 0.6) is 0 Å². The summed E-state index contributed by atoms with van der Waals surface area (Å²) in [6, 6.07) is 0. The minimum Gasteiger partial charge on any atom is -0.103 e. The highest BCUT2D eigenvalue weighted by atomic mass is 14.2. The van der Waals surface area contributed by atoms with Crippen LogP contribution in [-0.4, -0.2) is 0 Å². The quantitative estimate of drug-likeness (QED) is 0.253. The predicted molar refractivity (Wildman–Crippen MR) is 96.8 cm³/mol. The fourth-order valence-corrected chi connectivity index (χ4v) is 2.82. The highest BCUT2D eigenvalue weighted by Crippen LogP contribution is 2.24. The molecule has 0 aromatic heterocycles. The number of rotatable bonds is 13. The van der Waals surface area contributed by atoms with E-state index in [0.717, 1.165) is 37.5 Å². The largest absolute Gasteiger partial charge is 0.103 e. The molecular weight excluding hydrogens is 252 g/mol. The Morgan fingerprint density at radius 3 is 1.86 bits per heavy atom. The molecule has 0 spiro atoms. The van der Waals surface area contributed by atoms with Gasteiger partial charge in [-0.1, -0.05) is 79.1 Å². The highest BCUT2D eigenvalue weighted by Gasteiger charge is 2.12. The average molecular weight is 291 g/mol. The van der Waals surface area contributed by atoms with Crippen molar-refractivity contribution in [3.63, 3.8) is 0 Å². The predicted octanol–water partition coefficient (Wildman–Crippen LogP) is 7.00. The third-order valence-corrected chi connectivity index (χ3v) is 4.32. The van der Waals surface area contributed by atoms with E-state index in [4.69, 9.17) is 0 Å². The Kier molecular flexibility index (Phi) is 15.6. The lowest BCUT2D eigenvalue weighted by atomic mass is 9.86. The second-order valence-corrected chi connectivity index (χ2v) is 6.62. The molecule has 0 N–H and O–H groups in total. The Bertz CT molecular complexity index is 253. The van der Waals surface area contributed by atoms with Crippen molar-refractivity contribution in [2.45, 2.75) is 97.3 Å². The average Bonchev–Trinajstić information content (AvgIpc) is 2.47. The van der Waals surface area contributed by atoms with Crippen molar-refractivity contribution in [1.29, 1.82) is 0 Å². The maximum Gasteiger partial charge on any atom is 0.00887 e. The molecule has 21 heavy (non-hydrogen) atoms. The molecule has 1 atom stereocenters. The van der Waals surface area contributed by atoms with Gasteiger partial charge in [0.1, 0.15) is 0 Å². The monoisotopic (exact) mass is 290 g/mol. The molecule has 0 heterocycles. The zero-order valence-corrected chi connectivity index (χ0v) is 14.8. The molecule has 0 aliphatic rings. The third kappa shape index (κ3) is 14.3. The summed E-state index contributed by atoms with van der Waals surface area (Å²) < 4.78 is 0. The van der Waals surface area contributed by atoms with Crippen LogP contribution in [0.2, 0.25) is 0 Å². The Morgan fingerprint density at radius 2 is 1.24 bits per heavy atom. The fraction of sp³-hybridized carbons (Fsp3) is 0.810. The molecule has 0 saturated carbocycles.